The Balaban J connectivity index is 2.05. The Morgan fingerprint density at radius 3 is 2.20 bits per heavy atom. The van der Waals surface area contributed by atoms with Crippen molar-refractivity contribution in [2.24, 2.45) is 0 Å². The van der Waals surface area contributed by atoms with Gasteiger partial charge < -0.3 is 10.2 Å². The zero-order valence-corrected chi connectivity index (χ0v) is 25.2. The fourth-order valence-electron chi connectivity index (χ4n) is 4.20. The average Bonchev–Trinajstić information content (AvgIpc) is 2.93. The van der Waals surface area contributed by atoms with Gasteiger partial charge in [-0.15, -0.1) is 0 Å². The van der Waals surface area contributed by atoms with E-state index in [9.17, 15) is 22.8 Å². The first-order valence-corrected chi connectivity index (χ1v) is 15.6. The van der Waals surface area contributed by atoms with Gasteiger partial charge in [-0.1, -0.05) is 77.5 Å². The number of nitrogens with one attached hydrogen (secondary N) is 1. The van der Waals surface area contributed by atoms with E-state index < -0.39 is 28.5 Å². The maximum absolute atomic E-state index is 14.0. The minimum atomic E-state index is -3.92. The molecule has 3 aromatic rings. The lowest BCUT2D eigenvalue weighted by Crippen LogP contribution is -2.53. The highest BCUT2D eigenvalue weighted by Crippen LogP contribution is 2.22. The minimum Gasteiger partial charge on any atom is -0.354 e. The molecule has 3 rings (SSSR count). The monoisotopic (exact) mass is 627 g/mol. The quantitative estimate of drug-likeness (QED) is 0.279. The second-order valence-corrected chi connectivity index (χ2v) is 12.3. The summed E-state index contributed by atoms with van der Waals surface area (Å²) in [6.07, 6.45) is 1.98. The van der Waals surface area contributed by atoms with Crippen LogP contribution in [0, 0.1) is 0 Å². The average molecular weight is 629 g/mol. The van der Waals surface area contributed by atoms with Gasteiger partial charge >= 0.3 is 0 Å². The van der Waals surface area contributed by atoms with Crippen molar-refractivity contribution in [1.82, 2.24) is 10.2 Å². The number of nitrogens with zero attached hydrogens (tertiary/aromatic N) is 2. The summed E-state index contributed by atoms with van der Waals surface area (Å²) >= 11 is 3.42. The van der Waals surface area contributed by atoms with Gasteiger partial charge in [0.25, 0.3) is 0 Å². The number of Topliss-reactive ketones (excluding diaryl/α,β-unsaturated/α-hetero) is 1. The van der Waals surface area contributed by atoms with E-state index in [4.69, 9.17) is 0 Å². The predicted molar refractivity (Wildman–Crippen MR) is 161 cm³/mol. The number of carbonyl (C=O) groups excluding carboxylic acids is 3. The number of hydrogen-bond acceptors (Lipinski definition) is 5. The van der Waals surface area contributed by atoms with E-state index in [-0.39, 0.29) is 30.3 Å². The number of halogens is 1. The number of benzene rings is 3. The largest absolute Gasteiger partial charge is 0.354 e. The molecule has 0 aromatic heterocycles. The number of carbonyl (C=O) groups is 3. The van der Waals surface area contributed by atoms with Crippen molar-refractivity contribution in [2.75, 3.05) is 23.7 Å². The van der Waals surface area contributed by atoms with Gasteiger partial charge in [0.2, 0.25) is 21.8 Å². The molecule has 212 valence electrons. The van der Waals surface area contributed by atoms with Crippen LogP contribution in [0.25, 0.3) is 0 Å². The van der Waals surface area contributed by atoms with Gasteiger partial charge in [0, 0.05) is 29.5 Å². The molecule has 1 atom stereocenters. The van der Waals surface area contributed by atoms with Gasteiger partial charge in [-0.25, -0.2) is 8.42 Å². The standard InChI is InChI=1S/C30H34BrN3O5S/c1-4-17-32-30(37)28(18-23-9-6-5-7-10-23)33(20-24-13-15-26(31)16-14-24)29(36)21-34(40(3,38)39)27-12-8-11-25(19-27)22(2)35/h5-16,19,28H,4,17-18,20-21H2,1-3H3,(H,32,37). The second-order valence-electron chi connectivity index (χ2n) is 9.52. The van der Waals surface area contributed by atoms with Crippen LogP contribution in [0.3, 0.4) is 0 Å². The zero-order valence-electron chi connectivity index (χ0n) is 22.8. The van der Waals surface area contributed by atoms with E-state index in [0.717, 1.165) is 32.6 Å². The second kappa shape index (κ2) is 14.2. The number of hydrogen-bond donors (Lipinski definition) is 1. The molecule has 0 aliphatic heterocycles. The number of amides is 2. The van der Waals surface area contributed by atoms with Crippen LogP contribution in [0.2, 0.25) is 0 Å². The maximum atomic E-state index is 14.0. The van der Waals surface area contributed by atoms with Crippen molar-refractivity contribution in [1.29, 1.82) is 0 Å². The highest BCUT2D eigenvalue weighted by atomic mass is 79.9. The molecule has 0 bridgehead atoms. The number of rotatable bonds is 13. The lowest BCUT2D eigenvalue weighted by atomic mass is 10.0. The Morgan fingerprint density at radius 2 is 1.60 bits per heavy atom. The molecule has 0 saturated carbocycles. The van der Waals surface area contributed by atoms with Crippen LogP contribution in [0.4, 0.5) is 5.69 Å². The Labute approximate surface area is 244 Å². The number of anilines is 1. The van der Waals surface area contributed by atoms with Gasteiger partial charge in [0.1, 0.15) is 12.6 Å². The van der Waals surface area contributed by atoms with Crippen molar-refractivity contribution in [3.8, 4) is 0 Å². The van der Waals surface area contributed by atoms with Crippen molar-refractivity contribution in [3.63, 3.8) is 0 Å². The summed E-state index contributed by atoms with van der Waals surface area (Å²) in [5.74, 6) is -1.09. The van der Waals surface area contributed by atoms with Crippen molar-refractivity contribution < 1.29 is 22.8 Å². The van der Waals surface area contributed by atoms with Crippen molar-refractivity contribution >= 4 is 49.2 Å². The van der Waals surface area contributed by atoms with Crippen LogP contribution >= 0.6 is 15.9 Å². The molecule has 10 heteroatoms. The fourth-order valence-corrected chi connectivity index (χ4v) is 5.31. The van der Waals surface area contributed by atoms with Crippen LogP contribution in [0.1, 0.15) is 41.8 Å². The predicted octanol–water partition coefficient (Wildman–Crippen LogP) is 4.58. The van der Waals surface area contributed by atoms with E-state index in [0.29, 0.717) is 12.1 Å². The topological polar surface area (TPSA) is 104 Å². The van der Waals surface area contributed by atoms with E-state index in [1.165, 1.54) is 24.0 Å². The molecule has 0 spiro atoms. The molecule has 8 nitrogen and oxygen atoms in total. The molecule has 0 radical (unpaired) electrons. The summed E-state index contributed by atoms with van der Waals surface area (Å²) in [4.78, 5) is 40.9. The molecular weight excluding hydrogens is 594 g/mol. The Hall–Kier alpha value is -3.50. The first-order valence-electron chi connectivity index (χ1n) is 12.9. The number of ketones is 1. The van der Waals surface area contributed by atoms with Crippen LogP contribution in [-0.2, 0) is 32.6 Å². The van der Waals surface area contributed by atoms with Gasteiger partial charge in [-0.3, -0.25) is 18.7 Å². The Kier molecular flexibility index (Phi) is 11.0. The van der Waals surface area contributed by atoms with Gasteiger partial charge in [-0.2, -0.15) is 0 Å². The van der Waals surface area contributed by atoms with E-state index in [1.54, 1.807) is 12.1 Å². The lowest BCUT2D eigenvalue weighted by Gasteiger charge is -2.33. The SMILES string of the molecule is CCCNC(=O)C(Cc1ccccc1)N(Cc1ccc(Br)cc1)C(=O)CN(c1cccc(C(C)=O)c1)S(C)(=O)=O. The van der Waals surface area contributed by atoms with Gasteiger partial charge in [0.15, 0.2) is 5.78 Å². The molecule has 40 heavy (non-hydrogen) atoms. The third kappa shape index (κ3) is 8.76. The van der Waals surface area contributed by atoms with E-state index >= 15 is 0 Å². The first kappa shape index (κ1) is 31.0. The molecule has 1 unspecified atom stereocenters. The van der Waals surface area contributed by atoms with Crippen LogP contribution in [0.5, 0.6) is 0 Å². The summed E-state index contributed by atoms with van der Waals surface area (Å²) in [5, 5.41) is 2.91. The third-order valence-electron chi connectivity index (χ3n) is 6.31. The Morgan fingerprint density at radius 1 is 0.925 bits per heavy atom. The smallest absolute Gasteiger partial charge is 0.244 e. The molecular formula is C30H34BrN3O5S. The fraction of sp³-hybridized carbons (Fsp3) is 0.300. The van der Waals surface area contributed by atoms with E-state index in [2.05, 4.69) is 21.2 Å². The third-order valence-corrected chi connectivity index (χ3v) is 7.98. The molecule has 2 amide bonds. The van der Waals surface area contributed by atoms with Gasteiger partial charge in [0.05, 0.1) is 11.9 Å². The summed E-state index contributed by atoms with van der Waals surface area (Å²) in [6.45, 7) is 3.32. The van der Waals surface area contributed by atoms with Crippen LogP contribution in [0.15, 0.2) is 83.3 Å². The summed E-state index contributed by atoms with van der Waals surface area (Å²) in [5.41, 5.74) is 2.16. The molecule has 3 aromatic carbocycles. The van der Waals surface area contributed by atoms with Crippen LogP contribution in [-0.4, -0.2) is 56.3 Å². The molecule has 0 saturated heterocycles. The summed E-state index contributed by atoms with van der Waals surface area (Å²) in [7, 11) is -3.92. The highest BCUT2D eigenvalue weighted by Gasteiger charge is 2.33. The number of sulfonamides is 1. The lowest BCUT2D eigenvalue weighted by molar-refractivity contribution is -0.140. The van der Waals surface area contributed by atoms with Crippen molar-refractivity contribution in [3.05, 3.63) is 100 Å². The zero-order chi connectivity index (χ0) is 29.3. The molecule has 1 N–H and O–H groups in total. The molecule has 0 aliphatic carbocycles. The summed E-state index contributed by atoms with van der Waals surface area (Å²) < 4.78 is 27.6. The maximum Gasteiger partial charge on any atom is 0.244 e. The first-order chi connectivity index (χ1) is 19.0. The summed E-state index contributed by atoms with van der Waals surface area (Å²) in [6, 6.07) is 22.0. The normalized spacial score (nSPS) is 11.9. The van der Waals surface area contributed by atoms with Crippen LogP contribution < -0.4 is 9.62 Å². The van der Waals surface area contributed by atoms with Gasteiger partial charge in [-0.05, 0) is 48.7 Å². The highest BCUT2D eigenvalue weighted by molar-refractivity contribution is 9.10. The molecule has 0 heterocycles. The Bertz CT molecular complexity index is 1430. The minimum absolute atomic E-state index is 0.0915. The molecule has 0 fully saturated rings. The van der Waals surface area contributed by atoms with Crippen molar-refractivity contribution in [2.45, 2.75) is 39.3 Å². The molecule has 0 aliphatic rings. The van der Waals surface area contributed by atoms with E-state index in [1.807, 2.05) is 61.5 Å².